The number of aromatic nitrogens is 1. The average molecular weight is 431 g/mol. The Bertz CT molecular complexity index is 962. The van der Waals surface area contributed by atoms with Crippen molar-refractivity contribution in [2.45, 2.75) is 57.6 Å². The number of hydrogen-bond acceptors (Lipinski definition) is 5. The van der Waals surface area contributed by atoms with Crippen LogP contribution in [0.15, 0.2) is 44.4 Å². The van der Waals surface area contributed by atoms with Crippen LogP contribution in [-0.4, -0.2) is 36.6 Å². The predicted octanol–water partition coefficient (Wildman–Crippen LogP) is 3.84. The number of oxazole rings is 1. The molecular weight excluding hydrogens is 398 g/mol. The van der Waals surface area contributed by atoms with Gasteiger partial charge >= 0.3 is 0 Å². The van der Waals surface area contributed by atoms with Crippen LogP contribution in [0.5, 0.6) is 0 Å². The van der Waals surface area contributed by atoms with E-state index in [-0.39, 0.29) is 11.9 Å². The van der Waals surface area contributed by atoms with Gasteiger partial charge in [-0.05, 0) is 64.3 Å². The highest BCUT2D eigenvalue weighted by Gasteiger charge is 2.16. The number of hydrogen-bond donors (Lipinski definition) is 2. The Balaban J connectivity index is 1.47. The summed E-state index contributed by atoms with van der Waals surface area (Å²) in [6.45, 7) is 11.9. The minimum atomic E-state index is -0.161. The molecule has 3 aromatic rings. The average Bonchev–Trinajstić information content (AvgIpc) is 3.37. The number of fused-ring (bicyclic) bond motifs is 1. The van der Waals surface area contributed by atoms with E-state index in [2.05, 4.69) is 24.1 Å². The molecule has 2 aromatic heterocycles. The normalized spacial score (nSPS) is 12.6. The Hall–Kier alpha value is -2.25. The smallest absolute Gasteiger partial charge is 0.287 e. The van der Waals surface area contributed by atoms with Crippen LogP contribution >= 0.6 is 11.8 Å². The van der Waals surface area contributed by atoms with Crippen molar-refractivity contribution in [3.05, 3.63) is 47.4 Å². The van der Waals surface area contributed by atoms with E-state index in [1.807, 2.05) is 38.1 Å². The molecule has 0 saturated heterocycles. The fourth-order valence-electron chi connectivity index (χ4n) is 3.47. The molecule has 0 bridgehead atoms. The van der Waals surface area contributed by atoms with Crippen LogP contribution in [0.25, 0.3) is 11.1 Å². The zero-order chi connectivity index (χ0) is 21.5. The molecule has 7 heteroatoms. The summed E-state index contributed by atoms with van der Waals surface area (Å²) in [4.78, 5) is 18.6. The summed E-state index contributed by atoms with van der Waals surface area (Å²) in [6.07, 6.45) is 2.07. The van der Waals surface area contributed by atoms with Gasteiger partial charge in [0.05, 0.1) is 25.4 Å². The molecule has 2 N–H and O–H groups in total. The fraction of sp³-hybridized carbons (Fsp3) is 0.478. The molecule has 6 nitrogen and oxygen atoms in total. The van der Waals surface area contributed by atoms with Crippen LogP contribution in [-0.2, 0) is 5.75 Å². The molecule has 0 aliphatic rings. The van der Waals surface area contributed by atoms with Crippen molar-refractivity contribution in [2.24, 2.45) is 0 Å². The number of para-hydroxylation sites is 1. The molecule has 2 heterocycles. The van der Waals surface area contributed by atoms with Gasteiger partial charge in [-0.3, -0.25) is 4.79 Å². The van der Waals surface area contributed by atoms with Crippen molar-refractivity contribution < 1.29 is 18.5 Å². The molecule has 0 spiro atoms. The third kappa shape index (κ3) is 5.89. The number of furan rings is 1. The second kappa shape index (κ2) is 10.7. The molecule has 0 aliphatic carbocycles. The number of nitrogens with zero attached hydrogens (tertiary/aromatic N) is 1. The molecule has 3 rings (SSSR count). The first kappa shape index (κ1) is 22.4. The summed E-state index contributed by atoms with van der Waals surface area (Å²) in [6, 6.07) is 9.58. The van der Waals surface area contributed by atoms with Crippen molar-refractivity contribution >= 4 is 28.8 Å². The van der Waals surface area contributed by atoms with E-state index in [0.717, 1.165) is 54.9 Å². The molecule has 1 atom stereocenters. The first-order chi connectivity index (χ1) is 14.5. The van der Waals surface area contributed by atoms with Gasteiger partial charge in [0.1, 0.15) is 11.3 Å². The van der Waals surface area contributed by atoms with Crippen molar-refractivity contribution in [1.82, 2.24) is 10.3 Å². The number of aryl methyl sites for hydroxylation is 1. The number of carbonyl (C=O) groups excluding carboxylic acids is 1. The highest BCUT2D eigenvalue weighted by molar-refractivity contribution is 7.98. The topological polar surface area (TPSA) is 72.7 Å². The maximum absolute atomic E-state index is 12.5. The number of thioether (sulfide) groups is 1. The van der Waals surface area contributed by atoms with Gasteiger partial charge in [-0.15, -0.1) is 0 Å². The quantitative estimate of drug-likeness (QED) is 0.452. The summed E-state index contributed by atoms with van der Waals surface area (Å²) >= 11 is 1.46. The van der Waals surface area contributed by atoms with Gasteiger partial charge < -0.3 is 19.1 Å². The largest absolute Gasteiger partial charge is 0.455 e. The van der Waals surface area contributed by atoms with E-state index in [4.69, 9.17) is 8.83 Å². The molecule has 1 amide bonds. The maximum Gasteiger partial charge on any atom is 0.287 e. The second-order valence-corrected chi connectivity index (χ2v) is 8.61. The lowest BCUT2D eigenvalue weighted by Gasteiger charge is -2.17. The van der Waals surface area contributed by atoms with Gasteiger partial charge in [0.15, 0.2) is 11.3 Å². The van der Waals surface area contributed by atoms with Gasteiger partial charge in [-0.25, -0.2) is 4.98 Å². The van der Waals surface area contributed by atoms with Crippen molar-refractivity contribution in [3.63, 3.8) is 0 Å². The summed E-state index contributed by atoms with van der Waals surface area (Å²) in [7, 11) is 0. The Morgan fingerprint density at radius 2 is 2.00 bits per heavy atom. The van der Waals surface area contributed by atoms with Crippen molar-refractivity contribution in [2.75, 3.05) is 19.6 Å². The number of nitrogens with one attached hydrogen (secondary N) is 2. The standard InChI is InChI=1S/C23H31N3O3S/c1-5-26(6-2)14-8-10-17(4)24-22(27)20-13-12-18(28-20)15-30-23-25-21-16(3)9-7-11-19(21)29-23/h7,9,11-13,17H,5-6,8,10,14-15H2,1-4H3,(H,24,27)/p+1/t17-/m0/s1. The highest BCUT2D eigenvalue weighted by atomic mass is 32.2. The summed E-state index contributed by atoms with van der Waals surface area (Å²) in [5, 5.41) is 3.64. The lowest BCUT2D eigenvalue weighted by molar-refractivity contribution is -0.896. The highest BCUT2D eigenvalue weighted by Crippen LogP contribution is 2.28. The molecule has 1 aromatic carbocycles. The van der Waals surface area contributed by atoms with E-state index < -0.39 is 0 Å². The molecule has 0 saturated carbocycles. The summed E-state index contributed by atoms with van der Waals surface area (Å²) < 4.78 is 11.5. The Morgan fingerprint density at radius 3 is 2.73 bits per heavy atom. The Morgan fingerprint density at radius 1 is 1.20 bits per heavy atom. The molecule has 0 unspecified atom stereocenters. The third-order valence-electron chi connectivity index (χ3n) is 5.37. The number of carbonyl (C=O) groups is 1. The minimum Gasteiger partial charge on any atom is -0.455 e. The van der Waals surface area contributed by atoms with Crippen LogP contribution in [0.1, 0.15) is 55.5 Å². The third-order valence-corrected chi connectivity index (χ3v) is 6.22. The van der Waals surface area contributed by atoms with Gasteiger partial charge in [0.2, 0.25) is 0 Å². The molecule has 30 heavy (non-hydrogen) atoms. The number of amides is 1. The second-order valence-electron chi connectivity index (χ2n) is 7.68. The molecule has 0 fully saturated rings. The SMILES string of the molecule is CC[NH+](CC)CCC[C@H](C)NC(=O)c1ccc(CSc2nc3c(C)cccc3o2)o1. The van der Waals surface area contributed by atoms with E-state index in [1.165, 1.54) is 11.8 Å². The van der Waals surface area contributed by atoms with E-state index in [1.54, 1.807) is 11.0 Å². The number of benzene rings is 1. The minimum absolute atomic E-state index is 0.123. The monoisotopic (exact) mass is 430 g/mol. The van der Waals surface area contributed by atoms with Gasteiger partial charge in [-0.1, -0.05) is 23.9 Å². The van der Waals surface area contributed by atoms with Gasteiger partial charge in [0.25, 0.3) is 11.1 Å². The van der Waals surface area contributed by atoms with Crippen LogP contribution in [0, 0.1) is 6.92 Å². The van der Waals surface area contributed by atoms with Crippen LogP contribution in [0.3, 0.4) is 0 Å². The Kier molecular flexibility index (Phi) is 7.99. The lowest BCUT2D eigenvalue weighted by Crippen LogP contribution is -3.11. The van der Waals surface area contributed by atoms with E-state index >= 15 is 0 Å². The van der Waals surface area contributed by atoms with Gasteiger partial charge in [0, 0.05) is 6.04 Å². The lowest BCUT2D eigenvalue weighted by atomic mass is 10.1. The molecule has 0 aliphatic heterocycles. The van der Waals surface area contributed by atoms with Crippen molar-refractivity contribution in [1.29, 1.82) is 0 Å². The molecule has 162 valence electrons. The number of quaternary nitrogens is 1. The van der Waals surface area contributed by atoms with Crippen LogP contribution < -0.4 is 10.2 Å². The van der Waals surface area contributed by atoms with E-state index in [0.29, 0.717) is 16.7 Å². The number of rotatable bonds is 11. The van der Waals surface area contributed by atoms with E-state index in [9.17, 15) is 4.79 Å². The van der Waals surface area contributed by atoms with Crippen molar-refractivity contribution in [3.8, 4) is 0 Å². The zero-order valence-corrected chi connectivity index (χ0v) is 19.1. The summed E-state index contributed by atoms with van der Waals surface area (Å²) in [5.41, 5.74) is 2.76. The molecule has 0 radical (unpaired) electrons. The first-order valence-corrected chi connectivity index (χ1v) is 11.7. The van der Waals surface area contributed by atoms with Crippen LogP contribution in [0.4, 0.5) is 0 Å². The summed E-state index contributed by atoms with van der Waals surface area (Å²) in [5.74, 6) is 1.47. The first-order valence-electron chi connectivity index (χ1n) is 10.7. The van der Waals surface area contributed by atoms with Gasteiger partial charge in [-0.2, -0.15) is 0 Å². The maximum atomic E-state index is 12.5. The Labute approximate surface area is 182 Å². The fourth-order valence-corrected chi connectivity index (χ4v) is 4.19. The van der Waals surface area contributed by atoms with Crippen LogP contribution in [0.2, 0.25) is 0 Å². The molecular formula is C23H32N3O3S+. The predicted molar refractivity (Wildman–Crippen MR) is 120 cm³/mol. The zero-order valence-electron chi connectivity index (χ0n) is 18.3.